The number of aromatic nitrogens is 3. The lowest BCUT2D eigenvalue weighted by molar-refractivity contribution is 0.139. The molecule has 0 unspecified atom stereocenters. The smallest absolute Gasteiger partial charge is 0.145 e. The molecule has 0 spiro atoms. The molecule has 0 bridgehead atoms. The molecule has 136 valence electrons. The van der Waals surface area contributed by atoms with Gasteiger partial charge in [-0.2, -0.15) is 0 Å². The van der Waals surface area contributed by atoms with Crippen LogP contribution in [0.5, 0.6) is 0 Å². The first-order valence-electron chi connectivity index (χ1n) is 9.01. The number of aliphatic hydroxyl groups excluding tert-OH is 1. The standard InChI is InChI=1S/C20H23ClN4O/c1-12-7-15(21)4-3-14(12)10-22-19-17-5-6-25(20(17)24-11-23-19)16-8-13(2)18(26)9-16/h3-7,11,13,16,18,26H,8-10H2,1-2H3,(H,22,23,24)/t13-,16+,18-/m0/s1. The minimum atomic E-state index is -0.232. The molecule has 0 saturated heterocycles. The second-order valence-electron chi connectivity index (χ2n) is 7.28. The highest BCUT2D eigenvalue weighted by Crippen LogP contribution is 2.37. The topological polar surface area (TPSA) is 63.0 Å². The van der Waals surface area contributed by atoms with Crippen molar-refractivity contribution in [2.75, 3.05) is 5.32 Å². The highest BCUT2D eigenvalue weighted by Gasteiger charge is 2.31. The molecular weight excluding hydrogens is 348 g/mol. The fourth-order valence-electron chi connectivity index (χ4n) is 3.86. The summed E-state index contributed by atoms with van der Waals surface area (Å²) in [5.41, 5.74) is 3.26. The van der Waals surface area contributed by atoms with Gasteiger partial charge in [0.1, 0.15) is 17.8 Å². The van der Waals surface area contributed by atoms with E-state index in [1.807, 2.05) is 18.2 Å². The summed E-state index contributed by atoms with van der Waals surface area (Å²) in [6.45, 7) is 4.84. The van der Waals surface area contributed by atoms with Crippen molar-refractivity contribution < 1.29 is 5.11 Å². The van der Waals surface area contributed by atoms with Crippen LogP contribution < -0.4 is 5.32 Å². The quantitative estimate of drug-likeness (QED) is 0.717. The molecule has 1 aromatic carbocycles. The number of hydrogen-bond acceptors (Lipinski definition) is 4. The average molecular weight is 371 g/mol. The molecule has 0 radical (unpaired) electrons. The maximum atomic E-state index is 10.1. The molecule has 1 saturated carbocycles. The number of nitrogens with one attached hydrogen (secondary N) is 1. The molecule has 6 heteroatoms. The second kappa shape index (κ2) is 6.89. The molecule has 2 heterocycles. The number of halogens is 1. The molecule has 0 aliphatic heterocycles. The van der Waals surface area contributed by atoms with E-state index in [1.54, 1.807) is 6.33 Å². The third-order valence-electron chi connectivity index (χ3n) is 5.47. The van der Waals surface area contributed by atoms with Crippen LogP contribution in [0.3, 0.4) is 0 Å². The van der Waals surface area contributed by atoms with Crippen molar-refractivity contribution in [2.45, 2.75) is 45.4 Å². The van der Waals surface area contributed by atoms with Crippen LogP contribution in [0, 0.1) is 12.8 Å². The van der Waals surface area contributed by atoms with Crippen LogP contribution >= 0.6 is 11.6 Å². The molecule has 3 atom stereocenters. The minimum Gasteiger partial charge on any atom is -0.393 e. The number of nitrogens with zero attached hydrogens (tertiary/aromatic N) is 3. The molecule has 2 aromatic heterocycles. The van der Waals surface area contributed by atoms with Gasteiger partial charge in [-0.25, -0.2) is 9.97 Å². The highest BCUT2D eigenvalue weighted by atomic mass is 35.5. The van der Waals surface area contributed by atoms with Crippen LogP contribution in [0.15, 0.2) is 36.8 Å². The normalized spacial score (nSPS) is 22.8. The molecule has 1 aliphatic carbocycles. The maximum absolute atomic E-state index is 10.1. The highest BCUT2D eigenvalue weighted by molar-refractivity contribution is 6.30. The number of aliphatic hydroxyl groups is 1. The lowest BCUT2D eigenvalue weighted by atomic mass is 10.1. The van der Waals surface area contributed by atoms with E-state index in [0.717, 1.165) is 40.3 Å². The summed E-state index contributed by atoms with van der Waals surface area (Å²) in [6, 6.07) is 8.26. The number of rotatable bonds is 4. The first-order valence-corrected chi connectivity index (χ1v) is 9.39. The van der Waals surface area contributed by atoms with Gasteiger partial charge in [0.15, 0.2) is 0 Å². The van der Waals surface area contributed by atoms with Crippen molar-refractivity contribution in [3.8, 4) is 0 Å². The van der Waals surface area contributed by atoms with E-state index >= 15 is 0 Å². The van der Waals surface area contributed by atoms with Crippen molar-refractivity contribution in [3.63, 3.8) is 0 Å². The zero-order valence-corrected chi connectivity index (χ0v) is 15.7. The summed E-state index contributed by atoms with van der Waals surface area (Å²) in [5, 5.41) is 15.3. The number of benzene rings is 1. The van der Waals surface area contributed by atoms with Gasteiger partial charge in [0.25, 0.3) is 0 Å². The Morgan fingerprint density at radius 3 is 2.85 bits per heavy atom. The Bertz CT molecular complexity index is 929. The first kappa shape index (κ1) is 17.3. The molecule has 0 amide bonds. The minimum absolute atomic E-state index is 0.232. The lowest BCUT2D eigenvalue weighted by Gasteiger charge is -2.14. The Balaban J connectivity index is 1.59. The Labute approximate surface area is 158 Å². The number of aryl methyl sites for hydroxylation is 1. The number of hydrogen-bond donors (Lipinski definition) is 2. The average Bonchev–Trinajstić information content (AvgIpc) is 3.18. The Morgan fingerprint density at radius 1 is 1.27 bits per heavy atom. The predicted molar refractivity (Wildman–Crippen MR) is 104 cm³/mol. The Kier molecular flexibility index (Phi) is 4.59. The van der Waals surface area contributed by atoms with E-state index < -0.39 is 0 Å². The van der Waals surface area contributed by atoms with Gasteiger partial charge >= 0.3 is 0 Å². The zero-order valence-electron chi connectivity index (χ0n) is 15.0. The first-order chi connectivity index (χ1) is 12.5. The summed E-state index contributed by atoms with van der Waals surface area (Å²) in [6.07, 6.45) is 5.19. The van der Waals surface area contributed by atoms with Crippen molar-refractivity contribution in [1.82, 2.24) is 14.5 Å². The van der Waals surface area contributed by atoms with Gasteiger partial charge in [-0.3, -0.25) is 0 Å². The van der Waals surface area contributed by atoms with E-state index in [-0.39, 0.29) is 6.10 Å². The molecule has 4 rings (SSSR count). The van der Waals surface area contributed by atoms with Gasteiger partial charge in [0.05, 0.1) is 11.5 Å². The Morgan fingerprint density at radius 2 is 2.12 bits per heavy atom. The van der Waals surface area contributed by atoms with E-state index in [4.69, 9.17) is 11.6 Å². The van der Waals surface area contributed by atoms with Gasteiger partial charge < -0.3 is 15.0 Å². The van der Waals surface area contributed by atoms with Crippen LogP contribution in [0.1, 0.15) is 36.9 Å². The van der Waals surface area contributed by atoms with Gasteiger partial charge in [-0.1, -0.05) is 24.6 Å². The van der Waals surface area contributed by atoms with Crippen LogP contribution in [0.2, 0.25) is 5.02 Å². The molecule has 2 N–H and O–H groups in total. The third-order valence-corrected chi connectivity index (χ3v) is 5.70. The molecule has 5 nitrogen and oxygen atoms in total. The Hall–Kier alpha value is -2.11. The largest absolute Gasteiger partial charge is 0.393 e. The van der Waals surface area contributed by atoms with Gasteiger partial charge in [-0.15, -0.1) is 0 Å². The van der Waals surface area contributed by atoms with Crippen LogP contribution in [-0.2, 0) is 6.54 Å². The molecular formula is C20H23ClN4O. The third kappa shape index (κ3) is 3.17. The summed E-state index contributed by atoms with van der Waals surface area (Å²) in [7, 11) is 0. The van der Waals surface area contributed by atoms with Crippen molar-refractivity contribution >= 4 is 28.5 Å². The van der Waals surface area contributed by atoms with E-state index in [9.17, 15) is 5.11 Å². The van der Waals surface area contributed by atoms with Crippen LogP contribution in [-0.4, -0.2) is 25.7 Å². The van der Waals surface area contributed by atoms with E-state index in [2.05, 4.69) is 46.0 Å². The van der Waals surface area contributed by atoms with E-state index in [0.29, 0.717) is 18.5 Å². The van der Waals surface area contributed by atoms with Gasteiger partial charge in [-0.05, 0) is 55.0 Å². The molecule has 1 aliphatic rings. The van der Waals surface area contributed by atoms with Crippen LogP contribution in [0.4, 0.5) is 5.82 Å². The summed E-state index contributed by atoms with van der Waals surface area (Å²) < 4.78 is 2.18. The van der Waals surface area contributed by atoms with Crippen molar-refractivity contribution in [1.29, 1.82) is 0 Å². The summed E-state index contributed by atoms with van der Waals surface area (Å²) in [4.78, 5) is 8.92. The lowest BCUT2D eigenvalue weighted by Crippen LogP contribution is -2.09. The van der Waals surface area contributed by atoms with Crippen molar-refractivity contribution in [2.24, 2.45) is 5.92 Å². The summed E-state index contributed by atoms with van der Waals surface area (Å²) in [5.74, 6) is 1.15. The van der Waals surface area contributed by atoms with Crippen LogP contribution in [0.25, 0.3) is 11.0 Å². The molecule has 3 aromatic rings. The van der Waals surface area contributed by atoms with Crippen molar-refractivity contribution in [3.05, 3.63) is 52.9 Å². The zero-order chi connectivity index (χ0) is 18.3. The number of fused-ring (bicyclic) bond motifs is 1. The van der Waals surface area contributed by atoms with Gasteiger partial charge in [0.2, 0.25) is 0 Å². The molecule has 26 heavy (non-hydrogen) atoms. The predicted octanol–water partition coefficient (Wildman–Crippen LogP) is 4.34. The number of anilines is 1. The maximum Gasteiger partial charge on any atom is 0.145 e. The van der Waals surface area contributed by atoms with Gasteiger partial charge in [0, 0.05) is 23.8 Å². The molecule has 1 fully saturated rings. The second-order valence-corrected chi connectivity index (χ2v) is 7.71. The monoisotopic (exact) mass is 370 g/mol. The fourth-order valence-corrected chi connectivity index (χ4v) is 4.09. The summed E-state index contributed by atoms with van der Waals surface area (Å²) >= 11 is 6.04. The fraction of sp³-hybridized carbons (Fsp3) is 0.400. The SMILES string of the molecule is Cc1cc(Cl)ccc1CNc1ncnc2c1ccn2[C@@H]1C[C@H](C)[C@@H](O)C1. The van der Waals surface area contributed by atoms with E-state index in [1.165, 1.54) is 5.56 Å².